The number of hydrogen-bond donors (Lipinski definition) is 1. The zero-order valence-corrected chi connectivity index (χ0v) is 11.5. The fourth-order valence-electron chi connectivity index (χ4n) is 1.08. The first-order chi connectivity index (χ1) is 6.72. The predicted octanol–water partition coefficient (Wildman–Crippen LogP) is 2.78. The minimum absolute atomic E-state index is 0.126. The molecule has 3 nitrogen and oxygen atoms in total. The van der Waals surface area contributed by atoms with Gasteiger partial charge in [-0.2, -0.15) is 0 Å². The van der Waals surface area contributed by atoms with Crippen LogP contribution >= 0.6 is 0 Å². The van der Waals surface area contributed by atoms with Crippen LogP contribution in [-0.4, -0.2) is 20.1 Å². The van der Waals surface area contributed by atoms with Crippen LogP contribution in [0.5, 0.6) is 0 Å². The summed E-state index contributed by atoms with van der Waals surface area (Å²) in [6.07, 6.45) is 3.42. The third-order valence-corrected chi connectivity index (χ3v) is 2.52. The first kappa shape index (κ1) is 14.2. The summed E-state index contributed by atoms with van der Waals surface area (Å²) in [5.74, 6) is -0.828. The van der Waals surface area contributed by atoms with Crippen molar-refractivity contribution in [2.24, 2.45) is 5.41 Å². The van der Waals surface area contributed by atoms with Gasteiger partial charge in [-0.25, -0.2) is 4.79 Å². The average molecular weight is 230 g/mol. The second-order valence-electron chi connectivity index (χ2n) is 5.14. The van der Waals surface area contributed by atoms with Crippen molar-refractivity contribution in [2.45, 2.75) is 46.7 Å². The van der Waals surface area contributed by atoms with Gasteiger partial charge in [0.25, 0.3) is 0 Å². The van der Waals surface area contributed by atoms with Gasteiger partial charge in [0.05, 0.1) is 0 Å². The molecule has 0 fully saturated rings. The largest absolute Gasteiger partial charge is 0.542 e. The van der Waals surface area contributed by atoms with Crippen molar-refractivity contribution in [1.82, 2.24) is 0 Å². The summed E-state index contributed by atoms with van der Waals surface area (Å²) in [6.45, 7) is 10.3. The number of carboxylic acids is 1. The second-order valence-corrected chi connectivity index (χ2v) is 7.47. The maximum Gasteiger partial charge on any atom is 0.369 e. The first-order valence-electron chi connectivity index (χ1n) is 5.32. The zero-order chi connectivity index (χ0) is 12.1. The lowest BCUT2D eigenvalue weighted by atomic mass is 9.90. The number of allylic oxidation sites excluding steroid dienone is 1. The van der Waals surface area contributed by atoms with E-state index < -0.39 is 15.0 Å². The van der Waals surface area contributed by atoms with Crippen molar-refractivity contribution in [3.8, 4) is 0 Å². The van der Waals surface area contributed by atoms with Crippen molar-refractivity contribution >= 4 is 15.0 Å². The standard InChI is InChI=1S/C11H22O3Si/c1-11(2,3)8-6-7-9(10(12)13)14-15(4)5/h7,15H,6,8H2,1-5H3,(H,12,13)/b9-7+. The molecule has 0 aliphatic rings. The Morgan fingerprint density at radius 2 is 1.93 bits per heavy atom. The maximum absolute atomic E-state index is 10.8. The van der Waals surface area contributed by atoms with Gasteiger partial charge in [-0.15, -0.1) is 0 Å². The monoisotopic (exact) mass is 230 g/mol. The number of carboxylic acid groups (broad SMARTS) is 1. The Balaban J connectivity index is 4.25. The molecule has 0 aromatic heterocycles. The molecule has 0 radical (unpaired) electrons. The van der Waals surface area contributed by atoms with E-state index in [9.17, 15) is 4.79 Å². The Morgan fingerprint density at radius 3 is 2.27 bits per heavy atom. The van der Waals surface area contributed by atoms with E-state index in [1.165, 1.54) is 0 Å². The molecule has 0 unspecified atom stereocenters. The van der Waals surface area contributed by atoms with Crippen molar-refractivity contribution < 1.29 is 14.3 Å². The maximum atomic E-state index is 10.8. The molecule has 0 heterocycles. The number of aliphatic carboxylic acids is 1. The summed E-state index contributed by atoms with van der Waals surface area (Å²) >= 11 is 0. The Bertz CT molecular complexity index is 239. The molecule has 0 aliphatic carbocycles. The van der Waals surface area contributed by atoms with E-state index in [-0.39, 0.29) is 11.2 Å². The summed E-state index contributed by atoms with van der Waals surface area (Å²) in [5.41, 5.74) is 0.232. The van der Waals surface area contributed by atoms with Gasteiger partial charge in [0.1, 0.15) is 0 Å². The molecule has 0 aromatic carbocycles. The van der Waals surface area contributed by atoms with Crippen LogP contribution in [0.2, 0.25) is 13.1 Å². The van der Waals surface area contributed by atoms with Crippen LogP contribution in [-0.2, 0) is 9.22 Å². The van der Waals surface area contributed by atoms with Crippen LogP contribution in [0.25, 0.3) is 0 Å². The highest BCUT2D eigenvalue weighted by Crippen LogP contribution is 2.21. The summed E-state index contributed by atoms with van der Waals surface area (Å²) in [6, 6.07) is 0. The normalized spacial score (nSPS) is 13.1. The van der Waals surface area contributed by atoms with Gasteiger partial charge in [-0.05, 0) is 37.4 Å². The molecular weight excluding hydrogens is 208 g/mol. The van der Waals surface area contributed by atoms with Crippen LogP contribution in [0.4, 0.5) is 0 Å². The Kier molecular flexibility index (Phi) is 5.65. The van der Waals surface area contributed by atoms with E-state index in [1.807, 2.05) is 13.1 Å². The van der Waals surface area contributed by atoms with Gasteiger partial charge in [-0.1, -0.05) is 20.8 Å². The smallest absolute Gasteiger partial charge is 0.369 e. The van der Waals surface area contributed by atoms with Crippen molar-refractivity contribution in [3.05, 3.63) is 11.8 Å². The van der Waals surface area contributed by atoms with Gasteiger partial charge in [0.15, 0.2) is 5.76 Å². The highest BCUT2D eigenvalue weighted by atomic mass is 28.3. The molecule has 4 heteroatoms. The van der Waals surface area contributed by atoms with E-state index in [1.54, 1.807) is 6.08 Å². The third kappa shape index (κ3) is 8.24. The molecule has 0 atom stereocenters. The number of rotatable bonds is 5. The molecule has 0 bridgehead atoms. The molecule has 0 aromatic rings. The summed E-state index contributed by atoms with van der Waals surface area (Å²) in [5, 5.41) is 8.88. The third-order valence-electron chi connectivity index (χ3n) is 1.80. The van der Waals surface area contributed by atoms with Crippen LogP contribution in [0.1, 0.15) is 33.6 Å². The molecule has 1 N–H and O–H groups in total. The van der Waals surface area contributed by atoms with Crippen molar-refractivity contribution in [2.75, 3.05) is 0 Å². The molecule has 0 spiro atoms. The molecular formula is C11H22O3Si. The van der Waals surface area contributed by atoms with Gasteiger partial charge in [0, 0.05) is 0 Å². The molecule has 0 saturated heterocycles. The average Bonchev–Trinajstić information content (AvgIpc) is 1.99. The fourth-order valence-corrected chi connectivity index (χ4v) is 1.78. The Morgan fingerprint density at radius 1 is 1.40 bits per heavy atom. The predicted molar refractivity (Wildman–Crippen MR) is 64.4 cm³/mol. The summed E-state index contributed by atoms with van der Waals surface area (Å²) in [7, 11) is -1.32. The summed E-state index contributed by atoms with van der Waals surface area (Å²) < 4.78 is 5.33. The first-order valence-corrected chi connectivity index (χ1v) is 8.10. The number of hydrogen-bond acceptors (Lipinski definition) is 2. The minimum atomic E-state index is -1.32. The van der Waals surface area contributed by atoms with Crippen LogP contribution < -0.4 is 0 Å². The van der Waals surface area contributed by atoms with E-state index in [2.05, 4.69) is 20.8 Å². The van der Waals surface area contributed by atoms with E-state index in [0.717, 1.165) is 12.8 Å². The number of carbonyl (C=O) groups is 1. The zero-order valence-electron chi connectivity index (χ0n) is 10.3. The molecule has 0 rings (SSSR count). The van der Waals surface area contributed by atoms with Gasteiger partial charge in [-0.3, -0.25) is 0 Å². The van der Waals surface area contributed by atoms with Gasteiger partial charge < -0.3 is 9.53 Å². The molecule has 0 aliphatic heterocycles. The lowest BCUT2D eigenvalue weighted by Crippen LogP contribution is -2.14. The Hall–Kier alpha value is -0.773. The van der Waals surface area contributed by atoms with Crippen LogP contribution in [0.15, 0.2) is 11.8 Å². The minimum Gasteiger partial charge on any atom is -0.542 e. The molecule has 0 amide bonds. The van der Waals surface area contributed by atoms with Gasteiger partial charge >= 0.3 is 5.97 Å². The van der Waals surface area contributed by atoms with E-state index in [4.69, 9.17) is 9.53 Å². The van der Waals surface area contributed by atoms with Crippen molar-refractivity contribution in [3.63, 3.8) is 0 Å². The quantitative estimate of drug-likeness (QED) is 0.449. The summed E-state index contributed by atoms with van der Waals surface area (Å²) in [4.78, 5) is 10.8. The highest BCUT2D eigenvalue weighted by Gasteiger charge is 2.12. The van der Waals surface area contributed by atoms with Crippen molar-refractivity contribution in [1.29, 1.82) is 0 Å². The lowest BCUT2D eigenvalue weighted by Gasteiger charge is -2.16. The molecule has 88 valence electrons. The molecule has 0 saturated carbocycles. The molecule has 15 heavy (non-hydrogen) atoms. The van der Waals surface area contributed by atoms with E-state index in [0.29, 0.717) is 0 Å². The van der Waals surface area contributed by atoms with E-state index >= 15 is 0 Å². The second kappa shape index (κ2) is 5.95. The topological polar surface area (TPSA) is 46.5 Å². The lowest BCUT2D eigenvalue weighted by molar-refractivity contribution is -0.135. The fraction of sp³-hybridized carbons (Fsp3) is 0.727. The van der Waals surface area contributed by atoms with Crippen LogP contribution in [0, 0.1) is 5.41 Å². The SMILES string of the molecule is C[SiH](C)O/C(=C/CCC(C)(C)C)C(=O)O. The van der Waals surface area contributed by atoms with Crippen LogP contribution in [0.3, 0.4) is 0 Å². The Labute approximate surface area is 93.9 Å². The van der Waals surface area contributed by atoms with Gasteiger partial charge in [0.2, 0.25) is 9.04 Å². The highest BCUT2D eigenvalue weighted by molar-refractivity contribution is 6.49.